The van der Waals surface area contributed by atoms with E-state index in [0.29, 0.717) is 10.8 Å². The summed E-state index contributed by atoms with van der Waals surface area (Å²) >= 11 is 0. The molecule has 0 spiro atoms. The van der Waals surface area contributed by atoms with E-state index in [1.807, 2.05) is 0 Å². The molecule has 0 aliphatic carbocycles. The van der Waals surface area contributed by atoms with Crippen LogP contribution in [0.25, 0.3) is 0 Å². The molecule has 0 fully saturated rings. The van der Waals surface area contributed by atoms with Crippen molar-refractivity contribution in [1.82, 2.24) is 5.06 Å². The van der Waals surface area contributed by atoms with Crippen molar-refractivity contribution < 1.29 is 23.6 Å². The van der Waals surface area contributed by atoms with Gasteiger partial charge in [-0.2, -0.15) is 0 Å². The standard InChI is InChI=1S/C17H13FN2O4/c1-19(2)14-8-7-10(9-13(14)18)17(23)24-20-15(21)11-5-3-4-6-12(11)16(20)22/h3-9H,1-2H3. The number of amides is 2. The van der Waals surface area contributed by atoms with E-state index in [-0.39, 0.29) is 16.7 Å². The second-order valence-corrected chi connectivity index (χ2v) is 5.39. The first-order valence-corrected chi connectivity index (χ1v) is 7.07. The van der Waals surface area contributed by atoms with Crippen LogP contribution in [-0.2, 0) is 4.84 Å². The van der Waals surface area contributed by atoms with E-state index in [1.165, 1.54) is 24.3 Å². The Morgan fingerprint density at radius 2 is 1.62 bits per heavy atom. The average molecular weight is 328 g/mol. The predicted molar refractivity (Wildman–Crippen MR) is 83.1 cm³/mol. The zero-order valence-corrected chi connectivity index (χ0v) is 12.9. The number of benzene rings is 2. The van der Waals surface area contributed by atoms with Crippen LogP contribution in [0.3, 0.4) is 0 Å². The van der Waals surface area contributed by atoms with Gasteiger partial charge in [0.15, 0.2) is 0 Å². The normalized spacial score (nSPS) is 13.0. The predicted octanol–water partition coefficient (Wildman–Crippen LogP) is 2.26. The zero-order chi connectivity index (χ0) is 17.4. The van der Waals surface area contributed by atoms with Gasteiger partial charge in [0.2, 0.25) is 0 Å². The van der Waals surface area contributed by atoms with Crippen LogP contribution in [0.15, 0.2) is 42.5 Å². The first-order chi connectivity index (χ1) is 11.4. The van der Waals surface area contributed by atoms with Gasteiger partial charge in [0, 0.05) is 14.1 Å². The third-order valence-electron chi connectivity index (χ3n) is 3.60. The monoisotopic (exact) mass is 328 g/mol. The molecule has 0 unspecified atom stereocenters. The molecule has 0 atom stereocenters. The van der Waals surface area contributed by atoms with E-state index in [9.17, 15) is 18.8 Å². The van der Waals surface area contributed by atoms with Crippen molar-refractivity contribution in [2.75, 3.05) is 19.0 Å². The number of carbonyl (C=O) groups is 3. The van der Waals surface area contributed by atoms with E-state index < -0.39 is 23.6 Å². The maximum absolute atomic E-state index is 13.9. The summed E-state index contributed by atoms with van der Waals surface area (Å²) in [5, 5.41) is 0.394. The number of hydrogen-bond acceptors (Lipinski definition) is 5. The Hall–Kier alpha value is -3.22. The maximum atomic E-state index is 13.9. The van der Waals surface area contributed by atoms with Crippen LogP contribution in [0, 0.1) is 5.82 Å². The van der Waals surface area contributed by atoms with Crippen LogP contribution >= 0.6 is 0 Å². The average Bonchev–Trinajstić information content (AvgIpc) is 2.80. The van der Waals surface area contributed by atoms with Gasteiger partial charge < -0.3 is 9.74 Å². The molecule has 2 aromatic rings. The Kier molecular flexibility index (Phi) is 3.76. The lowest BCUT2D eigenvalue weighted by Gasteiger charge is -2.15. The van der Waals surface area contributed by atoms with E-state index in [2.05, 4.69) is 0 Å². The molecule has 1 heterocycles. The van der Waals surface area contributed by atoms with Gasteiger partial charge in [-0.15, -0.1) is 0 Å². The molecule has 7 heteroatoms. The summed E-state index contributed by atoms with van der Waals surface area (Å²) in [7, 11) is 3.32. The number of imide groups is 1. The van der Waals surface area contributed by atoms with E-state index >= 15 is 0 Å². The zero-order valence-electron chi connectivity index (χ0n) is 12.9. The van der Waals surface area contributed by atoms with E-state index in [4.69, 9.17) is 4.84 Å². The number of hydrogen-bond donors (Lipinski definition) is 0. The number of rotatable bonds is 3. The quantitative estimate of drug-likeness (QED) is 0.809. The van der Waals surface area contributed by atoms with E-state index in [0.717, 1.165) is 6.07 Å². The van der Waals surface area contributed by atoms with Crippen molar-refractivity contribution in [1.29, 1.82) is 0 Å². The molecule has 1 aliphatic heterocycles. The summed E-state index contributed by atoms with van der Waals surface area (Å²) in [5.41, 5.74) is 0.510. The number of hydroxylamine groups is 2. The van der Waals surface area contributed by atoms with Crippen LogP contribution < -0.4 is 4.90 Å². The summed E-state index contributed by atoms with van der Waals surface area (Å²) in [4.78, 5) is 42.8. The molecule has 0 N–H and O–H groups in total. The summed E-state index contributed by atoms with van der Waals surface area (Å²) in [6, 6.07) is 9.91. The van der Waals surface area contributed by atoms with Crippen LogP contribution in [0.5, 0.6) is 0 Å². The molecule has 0 saturated heterocycles. The first-order valence-electron chi connectivity index (χ1n) is 7.07. The number of carbonyl (C=O) groups excluding carboxylic acids is 3. The third-order valence-corrected chi connectivity index (χ3v) is 3.60. The minimum atomic E-state index is -0.992. The molecular formula is C17H13FN2O4. The molecule has 1 aliphatic rings. The topological polar surface area (TPSA) is 66.9 Å². The van der Waals surface area contributed by atoms with Gasteiger partial charge in [0.05, 0.1) is 22.4 Å². The van der Waals surface area contributed by atoms with Crippen LogP contribution in [-0.4, -0.2) is 36.9 Å². The Labute approximate surface area is 137 Å². The molecule has 24 heavy (non-hydrogen) atoms. The second-order valence-electron chi connectivity index (χ2n) is 5.39. The molecule has 2 aromatic carbocycles. The fourth-order valence-electron chi connectivity index (χ4n) is 2.38. The Balaban J connectivity index is 1.83. The first kappa shape index (κ1) is 15.7. The summed E-state index contributed by atoms with van der Waals surface area (Å²) < 4.78 is 13.9. The van der Waals surface area contributed by atoms with Gasteiger partial charge >= 0.3 is 5.97 Å². The molecule has 0 saturated carbocycles. The number of halogens is 1. The van der Waals surface area contributed by atoms with Gasteiger partial charge in [-0.3, -0.25) is 9.59 Å². The van der Waals surface area contributed by atoms with Gasteiger partial charge in [-0.1, -0.05) is 17.2 Å². The highest BCUT2D eigenvalue weighted by molar-refractivity contribution is 6.21. The molecule has 0 aromatic heterocycles. The lowest BCUT2D eigenvalue weighted by Crippen LogP contribution is -2.32. The second kappa shape index (κ2) is 5.77. The van der Waals surface area contributed by atoms with Crippen molar-refractivity contribution in [2.45, 2.75) is 0 Å². The van der Waals surface area contributed by atoms with Crippen molar-refractivity contribution in [2.24, 2.45) is 0 Å². The number of fused-ring (bicyclic) bond motifs is 1. The minimum Gasteiger partial charge on any atom is -0.375 e. The lowest BCUT2D eigenvalue weighted by atomic mass is 10.1. The summed E-state index contributed by atoms with van der Waals surface area (Å²) in [5.74, 6) is -3.06. The van der Waals surface area contributed by atoms with Gasteiger partial charge in [-0.05, 0) is 30.3 Å². The molecule has 0 bridgehead atoms. The smallest absolute Gasteiger partial charge is 0.364 e. The Bertz CT molecular complexity index is 828. The third kappa shape index (κ3) is 2.50. The number of anilines is 1. The van der Waals surface area contributed by atoms with Crippen LogP contribution in [0.4, 0.5) is 10.1 Å². The number of nitrogens with zero attached hydrogens (tertiary/aromatic N) is 2. The highest BCUT2D eigenvalue weighted by atomic mass is 19.1. The molecule has 2 amide bonds. The Morgan fingerprint density at radius 1 is 1.04 bits per heavy atom. The van der Waals surface area contributed by atoms with Gasteiger partial charge in [0.1, 0.15) is 5.82 Å². The maximum Gasteiger partial charge on any atom is 0.364 e. The highest BCUT2D eigenvalue weighted by Crippen LogP contribution is 2.24. The van der Waals surface area contributed by atoms with E-state index in [1.54, 1.807) is 31.1 Å². The van der Waals surface area contributed by atoms with Crippen LogP contribution in [0.1, 0.15) is 31.1 Å². The lowest BCUT2D eigenvalue weighted by molar-refractivity contribution is -0.0584. The minimum absolute atomic E-state index is 0.102. The van der Waals surface area contributed by atoms with Gasteiger partial charge in [0.25, 0.3) is 11.8 Å². The molecule has 3 rings (SSSR count). The largest absolute Gasteiger partial charge is 0.375 e. The molecule has 122 valence electrons. The summed E-state index contributed by atoms with van der Waals surface area (Å²) in [6.45, 7) is 0. The van der Waals surface area contributed by atoms with Crippen molar-refractivity contribution in [3.05, 3.63) is 65.0 Å². The van der Waals surface area contributed by atoms with Gasteiger partial charge in [-0.25, -0.2) is 9.18 Å². The highest BCUT2D eigenvalue weighted by Gasteiger charge is 2.38. The van der Waals surface area contributed by atoms with Crippen LogP contribution in [0.2, 0.25) is 0 Å². The molecule has 6 nitrogen and oxygen atoms in total. The summed E-state index contributed by atoms with van der Waals surface area (Å²) in [6.07, 6.45) is 0. The van der Waals surface area contributed by atoms with Crippen molar-refractivity contribution in [3.8, 4) is 0 Å². The fourth-order valence-corrected chi connectivity index (χ4v) is 2.38. The van der Waals surface area contributed by atoms with Crippen molar-refractivity contribution >= 4 is 23.5 Å². The molecular weight excluding hydrogens is 315 g/mol. The fraction of sp³-hybridized carbons (Fsp3) is 0.118. The SMILES string of the molecule is CN(C)c1ccc(C(=O)ON2C(=O)c3ccccc3C2=O)cc1F. The van der Waals surface area contributed by atoms with Crippen molar-refractivity contribution in [3.63, 3.8) is 0 Å². The Morgan fingerprint density at radius 3 is 2.12 bits per heavy atom. The molecule has 0 radical (unpaired) electrons.